The van der Waals surface area contributed by atoms with E-state index in [0.29, 0.717) is 32.1 Å². The van der Waals surface area contributed by atoms with Crippen molar-refractivity contribution >= 4 is 34.5 Å². The minimum atomic E-state index is -1.40. The standard InChI is InChI=1S/C27H30N4O6/c32-23(12-10-19-18-7-3-1-5-16(18)13-14-28-19)29-20-8-4-2-6-17-9-11-22(31(17)26(20)35)25(34)30-21-15-24(33)37-27(21)36/h1-5,7,13-14,17,20-22,27,36H,6,8-12,15H2,(H,29,32)(H,30,34)/b4-2-. The van der Waals surface area contributed by atoms with Crippen molar-refractivity contribution in [1.29, 1.82) is 0 Å². The van der Waals surface area contributed by atoms with Crippen LogP contribution >= 0.6 is 0 Å². The maximum Gasteiger partial charge on any atom is 0.310 e. The highest BCUT2D eigenvalue weighted by Gasteiger charge is 2.45. The first-order chi connectivity index (χ1) is 17.9. The molecule has 2 fully saturated rings. The maximum absolute atomic E-state index is 13.6. The number of benzene rings is 1. The summed E-state index contributed by atoms with van der Waals surface area (Å²) in [5.74, 6) is -1.59. The summed E-state index contributed by atoms with van der Waals surface area (Å²) in [5, 5.41) is 17.4. The normalized spacial score (nSPS) is 28.2. The van der Waals surface area contributed by atoms with Gasteiger partial charge in [0.15, 0.2) is 0 Å². The monoisotopic (exact) mass is 506 g/mol. The van der Waals surface area contributed by atoms with Crippen LogP contribution in [0.1, 0.15) is 44.2 Å². The van der Waals surface area contributed by atoms with E-state index in [4.69, 9.17) is 4.74 Å². The number of rotatable bonds is 6. The topological polar surface area (TPSA) is 138 Å². The second-order valence-electron chi connectivity index (χ2n) is 9.73. The molecular formula is C27H30N4O6. The number of hydrogen-bond acceptors (Lipinski definition) is 7. The molecule has 1 aromatic heterocycles. The smallest absolute Gasteiger partial charge is 0.310 e. The Balaban J connectivity index is 1.24. The zero-order valence-corrected chi connectivity index (χ0v) is 20.3. The summed E-state index contributed by atoms with van der Waals surface area (Å²) >= 11 is 0. The van der Waals surface area contributed by atoms with Gasteiger partial charge in [-0.25, -0.2) is 0 Å². The van der Waals surface area contributed by atoms with Gasteiger partial charge in [0.2, 0.25) is 24.0 Å². The molecule has 1 aromatic carbocycles. The van der Waals surface area contributed by atoms with E-state index in [9.17, 15) is 24.3 Å². The van der Waals surface area contributed by atoms with Crippen LogP contribution in [0.25, 0.3) is 10.8 Å². The van der Waals surface area contributed by atoms with Crippen LogP contribution in [0.2, 0.25) is 0 Å². The number of hydrogen-bond donors (Lipinski definition) is 3. The molecule has 0 spiro atoms. The van der Waals surface area contributed by atoms with Crippen LogP contribution in [0, 0.1) is 0 Å². The number of aliphatic hydroxyl groups excluding tert-OH is 1. The number of carbonyl (C=O) groups is 4. The summed E-state index contributed by atoms with van der Waals surface area (Å²) in [7, 11) is 0. The van der Waals surface area contributed by atoms with E-state index < -0.39 is 36.3 Å². The number of cyclic esters (lactones) is 1. The van der Waals surface area contributed by atoms with E-state index in [0.717, 1.165) is 16.5 Å². The summed E-state index contributed by atoms with van der Waals surface area (Å²) in [5.41, 5.74) is 0.824. The average molecular weight is 507 g/mol. The van der Waals surface area contributed by atoms with Crippen molar-refractivity contribution in [2.75, 3.05) is 0 Å². The molecule has 4 heterocycles. The zero-order valence-electron chi connectivity index (χ0n) is 20.3. The van der Waals surface area contributed by atoms with Crippen LogP contribution in [0.15, 0.2) is 48.7 Å². The molecule has 5 rings (SSSR count). The van der Waals surface area contributed by atoms with Gasteiger partial charge in [0.05, 0.1) is 6.42 Å². The molecule has 3 aliphatic heterocycles. The third-order valence-electron chi connectivity index (χ3n) is 7.30. The number of nitrogens with zero attached hydrogens (tertiary/aromatic N) is 2. The van der Waals surface area contributed by atoms with Crippen molar-refractivity contribution in [3.8, 4) is 0 Å². The summed E-state index contributed by atoms with van der Waals surface area (Å²) in [4.78, 5) is 57.0. The van der Waals surface area contributed by atoms with Crippen LogP contribution in [-0.4, -0.2) is 69.1 Å². The Labute approximate surface area is 214 Å². The Bertz CT molecular complexity index is 1240. The summed E-state index contributed by atoms with van der Waals surface area (Å²) < 4.78 is 4.70. The molecule has 0 radical (unpaired) electrons. The van der Waals surface area contributed by atoms with Gasteiger partial charge in [0, 0.05) is 29.7 Å². The van der Waals surface area contributed by atoms with Crippen molar-refractivity contribution < 1.29 is 29.0 Å². The van der Waals surface area contributed by atoms with Crippen LogP contribution in [-0.2, 0) is 30.3 Å². The lowest BCUT2D eigenvalue weighted by Crippen LogP contribution is -2.57. The van der Waals surface area contributed by atoms with Gasteiger partial charge in [0.25, 0.3) is 0 Å². The number of amides is 3. The molecule has 10 heteroatoms. The highest BCUT2D eigenvalue weighted by Crippen LogP contribution is 2.30. The number of fused-ring (bicyclic) bond motifs is 2. The molecular weight excluding hydrogens is 476 g/mol. The molecule has 0 aliphatic carbocycles. The van der Waals surface area contributed by atoms with Gasteiger partial charge in [-0.3, -0.25) is 24.2 Å². The first-order valence-corrected chi connectivity index (χ1v) is 12.7. The Hall–Kier alpha value is -3.79. The molecule has 37 heavy (non-hydrogen) atoms. The lowest BCUT2D eigenvalue weighted by molar-refractivity contribution is -0.155. The van der Waals surface area contributed by atoms with E-state index in [1.54, 1.807) is 11.1 Å². The predicted molar refractivity (Wildman–Crippen MR) is 133 cm³/mol. The maximum atomic E-state index is 13.6. The fourth-order valence-electron chi connectivity index (χ4n) is 5.42. The van der Waals surface area contributed by atoms with Gasteiger partial charge >= 0.3 is 5.97 Å². The molecule has 5 atom stereocenters. The largest absolute Gasteiger partial charge is 0.434 e. The third-order valence-corrected chi connectivity index (χ3v) is 7.30. The summed E-state index contributed by atoms with van der Waals surface area (Å²) in [6, 6.07) is 7.25. The number of pyridine rings is 1. The first-order valence-electron chi connectivity index (χ1n) is 12.7. The van der Waals surface area contributed by atoms with Gasteiger partial charge in [-0.1, -0.05) is 36.4 Å². The van der Waals surface area contributed by atoms with Gasteiger partial charge in [-0.2, -0.15) is 0 Å². The molecule has 10 nitrogen and oxygen atoms in total. The van der Waals surface area contributed by atoms with E-state index in [1.165, 1.54) is 0 Å². The quantitative estimate of drug-likeness (QED) is 0.394. The SMILES string of the molecule is O=C(CCc1nccc2ccccc12)NC1C/C=C\CC2CCC(C(=O)NC3CC(=O)OC3O)N2C1=O. The van der Waals surface area contributed by atoms with Gasteiger partial charge in [-0.15, -0.1) is 0 Å². The fourth-order valence-corrected chi connectivity index (χ4v) is 5.42. The van der Waals surface area contributed by atoms with Crippen molar-refractivity contribution in [3.05, 3.63) is 54.4 Å². The second kappa shape index (κ2) is 10.7. The molecule has 5 unspecified atom stereocenters. The number of esters is 1. The Kier molecular flexibility index (Phi) is 7.18. The van der Waals surface area contributed by atoms with Gasteiger partial charge < -0.3 is 25.4 Å². The van der Waals surface area contributed by atoms with Gasteiger partial charge in [0.1, 0.15) is 18.1 Å². The lowest BCUT2D eigenvalue weighted by atomic mass is 10.0. The van der Waals surface area contributed by atoms with Crippen molar-refractivity contribution in [2.45, 2.75) is 75.4 Å². The number of ether oxygens (including phenoxy) is 1. The molecule has 194 valence electrons. The van der Waals surface area contributed by atoms with Gasteiger partial charge in [-0.05, 0) is 43.6 Å². The number of aliphatic hydroxyl groups is 1. The molecule has 3 N–H and O–H groups in total. The molecule has 0 bridgehead atoms. The molecule has 3 amide bonds. The Morgan fingerprint density at radius 1 is 1.08 bits per heavy atom. The van der Waals surface area contributed by atoms with E-state index in [1.807, 2.05) is 42.5 Å². The van der Waals surface area contributed by atoms with Crippen LogP contribution < -0.4 is 10.6 Å². The number of aryl methyl sites for hydroxylation is 1. The van der Waals surface area contributed by atoms with Crippen molar-refractivity contribution in [3.63, 3.8) is 0 Å². The minimum Gasteiger partial charge on any atom is -0.434 e. The van der Waals surface area contributed by atoms with Crippen molar-refractivity contribution in [2.24, 2.45) is 0 Å². The zero-order chi connectivity index (χ0) is 25.9. The van der Waals surface area contributed by atoms with E-state index in [-0.39, 0.29) is 30.7 Å². The Morgan fingerprint density at radius 3 is 2.70 bits per heavy atom. The minimum absolute atomic E-state index is 0.121. The summed E-state index contributed by atoms with van der Waals surface area (Å²) in [6.45, 7) is 0. The van der Waals surface area contributed by atoms with Crippen LogP contribution in [0.4, 0.5) is 0 Å². The number of carbonyl (C=O) groups excluding carboxylic acids is 4. The molecule has 3 aliphatic rings. The van der Waals surface area contributed by atoms with Crippen LogP contribution in [0.5, 0.6) is 0 Å². The first kappa shape index (κ1) is 24.9. The fraction of sp³-hybridized carbons (Fsp3) is 0.444. The van der Waals surface area contributed by atoms with E-state index in [2.05, 4.69) is 15.6 Å². The van der Waals surface area contributed by atoms with Crippen molar-refractivity contribution in [1.82, 2.24) is 20.5 Å². The van der Waals surface area contributed by atoms with Crippen LogP contribution in [0.3, 0.4) is 0 Å². The summed E-state index contributed by atoms with van der Waals surface area (Å²) in [6.07, 6.45) is 6.76. The third kappa shape index (κ3) is 5.34. The number of nitrogens with one attached hydrogen (secondary N) is 2. The predicted octanol–water partition coefficient (Wildman–Crippen LogP) is 1.11. The second-order valence-corrected chi connectivity index (χ2v) is 9.73. The Morgan fingerprint density at radius 2 is 1.89 bits per heavy atom. The number of aromatic nitrogens is 1. The highest BCUT2D eigenvalue weighted by atomic mass is 16.6. The average Bonchev–Trinajstić information content (AvgIpc) is 3.44. The molecule has 2 saturated heterocycles. The molecule has 2 aromatic rings. The highest BCUT2D eigenvalue weighted by molar-refractivity contribution is 5.93. The molecule has 0 saturated carbocycles. The van der Waals surface area contributed by atoms with E-state index >= 15 is 0 Å². The lowest BCUT2D eigenvalue weighted by Gasteiger charge is -2.34.